The molecule has 1 aromatic carbocycles. The SMILES string of the molecule is CN(Cc1cccc(F)c1)C(=O)C[NH+](C)CC(=O)NC(C)(C)C. The first-order chi connectivity index (χ1) is 10.6. The van der Waals surface area contributed by atoms with Crippen LogP contribution in [0, 0.1) is 5.82 Å². The van der Waals surface area contributed by atoms with E-state index in [1.807, 2.05) is 20.8 Å². The molecule has 0 saturated carbocycles. The molecule has 0 aromatic heterocycles. The Labute approximate surface area is 137 Å². The van der Waals surface area contributed by atoms with Crippen molar-refractivity contribution < 1.29 is 18.9 Å². The molecule has 0 saturated heterocycles. The van der Waals surface area contributed by atoms with Crippen LogP contribution in [0.3, 0.4) is 0 Å². The van der Waals surface area contributed by atoms with Gasteiger partial charge in [-0.1, -0.05) is 12.1 Å². The van der Waals surface area contributed by atoms with Crippen molar-refractivity contribution in [3.63, 3.8) is 0 Å². The molecule has 128 valence electrons. The molecule has 1 atom stereocenters. The van der Waals surface area contributed by atoms with Crippen molar-refractivity contribution in [2.24, 2.45) is 0 Å². The summed E-state index contributed by atoms with van der Waals surface area (Å²) in [6.07, 6.45) is 0. The highest BCUT2D eigenvalue weighted by Crippen LogP contribution is 2.06. The van der Waals surface area contributed by atoms with E-state index in [-0.39, 0.29) is 36.3 Å². The van der Waals surface area contributed by atoms with Crippen molar-refractivity contribution in [3.05, 3.63) is 35.6 Å². The Hall–Kier alpha value is -1.95. The molecule has 2 N–H and O–H groups in total. The quantitative estimate of drug-likeness (QED) is 0.786. The Kier molecular flexibility index (Phi) is 6.69. The van der Waals surface area contributed by atoms with Gasteiger partial charge in [-0.15, -0.1) is 0 Å². The highest BCUT2D eigenvalue weighted by molar-refractivity contribution is 5.79. The zero-order chi connectivity index (χ0) is 17.6. The average molecular weight is 324 g/mol. The molecular formula is C17H27FN3O2+. The second kappa shape index (κ2) is 8.06. The Morgan fingerprint density at radius 3 is 2.48 bits per heavy atom. The molecule has 0 aliphatic carbocycles. The monoisotopic (exact) mass is 324 g/mol. The van der Waals surface area contributed by atoms with Gasteiger partial charge in [-0.2, -0.15) is 0 Å². The maximum absolute atomic E-state index is 13.2. The van der Waals surface area contributed by atoms with E-state index in [2.05, 4.69) is 5.32 Å². The number of hydrogen-bond acceptors (Lipinski definition) is 2. The van der Waals surface area contributed by atoms with Crippen LogP contribution in [-0.4, -0.2) is 49.4 Å². The first kappa shape index (κ1) is 19.1. The zero-order valence-electron chi connectivity index (χ0n) is 14.6. The molecule has 0 bridgehead atoms. The highest BCUT2D eigenvalue weighted by atomic mass is 19.1. The summed E-state index contributed by atoms with van der Waals surface area (Å²) in [5, 5.41) is 2.87. The van der Waals surface area contributed by atoms with Crippen molar-refractivity contribution in [3.8, 4) is 0 Å². The normalized spacial score (nSPS) is 12.6. The minimum atomic E-state index is -0.315. The minimum absolute atomic E-state index is 0.0874. The second-order valence-corrected chi connectivity index (χ2v) is 6.99. The van der Waals surface area contributed by atoms with Crippen LogP contribution in [0.1, 0.15) is 26.3 Å². The first-order valence-corrected chi connectivity index (χ1v) is 7.67. The van der Waals surface area contributed by atoms with Gasteiger partial charge in [0, 0.05) is 19.1 Å². The van der Waals surface area contributed by atoms with Crippen LogP contribution in [0.2, 0.25) is 0 Å². The first-order valence-electron chi connectivity index (χ1n) is 7.67. The molecular weight excluding hydrogens is 297 g/mol. The number of quaternary nitrogens is 1. The number of benzene rings is 1. The van der Waals surface area contributed by atoms with Gasteiger partial charge in [0.25, 0.3) is 11.8 Å². The van der Waals surface area contributed by atoms with Gasteiger partial charge in [0.15, 0.2) is 13.1 Å². The van der Waals surface area contributed by atoms with Crippen molar-refractivity contribution in [2.45, 2.75) is 32.9 Å². The predicted octanol–water partition coefficient (Wildman–Crippen LogP) is 0.214. The van der Waals surface area contributed by atoms with Crippen LogP contribution in [0.4, 0.5) is 4.39 Å². The average Bonchev–Trinajstić information content (AvgIpc) is 2.35. The molecule has 6 heteroatoms. The number of likely N-dealkylation sites (N-methyl/N-ethyl adjacent to an activating group) is 2. The number of hydrogen-bond donors (Lipinski definition) is 2. The lowest BCUT2D eigenvalue weighted by Gasteiger charge is -2.23. The van der Waals surface area contributed by atoms with Crippen LogP contribution in [0.25, 0.3) is 0 Å². The highest BCUT2D eigenvalue weighted by Gasteiger charge is 2.20. The summed E-state index contributed by atoms with van der Waals surface area (Å²) < 4.78 is 13.2. The lowest BCUT2D eigenvalue weighted by atomic mass is 10.1. The van der Waals surface area contributed by atoms with E-state index in [4.69, 9.17) is 0 Å². The molecule has 2 amide bonds. The van der Waals surface area contributed by atoms with Crippen LogP contribution in [0.5, 0.6) is 0 Å². The maximum Gasteiger partial charge on any atom is 0.277 e. The summed E-state index contributed by atoms with van der Waals surface area (Å²) in [5.41, 5.74) is 0.458. The summed E-state index contributed by atoms with van der Waals surface area (Å²) in [4.78, 5) is 26.4. The Bertz CT molecular complexity index is 555. The number of amides is 2. The van der Waals surface area contributed by atoms with Gasteiger partial charge >= 0.3 is 0 Å². The summed E-state index contributed by atoms with van der Waals surface area (Å²) in [7, 11) is 3.48. The molecule has 1 unspecified atom stereocenters. The van der Waals surface area contributed by atoms with Gasteiger partial charge in [-0.3, -0.25) is 9.59 Å². The van der Waals surface area contributed by atoms with E-state index in [0.717, 1.165) is 10.5 Å². The van der Waals surface area contributed by atoms with Gasteiger partial charge in [0.1, 0.15) is 5.82 Å². The fraction of sp³-hybridized carbons (Fsp3) is 0.529. The third-order valence-electron chi connectivity index (χ3n) is 3.16. The number of halogens is 1. The largest absolute Gasteiger partial charge is 0.347 e. The molecule has 0 spiro atoms. The standard InChI is InChI=1S/C17H26FN3O2/c1-17(2,3)19-15(22)11-20(4)12-16(23)21(5)10-13-7-6-8-14(18)9-13/h6-9H,10-12H2,1-5H3,(H,19,22)/p+1. The molecule has 1 aromatic rings. The van der Waals surface area contributed by atoms with E-state index in [0.29, 0.717) is 6.54 Å². The molecule has 5 nitrogen and oxygen atoms in total. The van der Waals surface area contributed by atoms with Gasteiger partial charge in [0.05, 0.1) is 7.05 Å². The molecule has 0 heterocycles. The van der Waals surface area contributed by atoms with E-state index < -0.39 is 0 Å². The van der Waals surface area contributed by atoms with Crippen molar-refractivity contribution in [1.82, 2.24) is 10.2 Å². The Morgan fingerprint density at radius 1 is 1.26 bits per heavy atom. The number of rotatable bonds is 6. The zero-order valence-corrected chi connectivity index (χ0v) is 14.6. The fourth-order valence-electron chi connectivity index (χ4n) is 2.19. The van der Waals surface area contributed by atoms with E-state index >= 15 is 0 Å². The second-order valence-electron chi connectivity index (χ2n) is 6.99. The summed E-state index contributed by atoms with van der Waals surface area (Å²) >= 11 is 0. The summed E-state index contributed by atoms with van der Waals surface area (Å²) in [6.45, 7) is 6.53. The topological polar surface area (TPSA) is 53.9 Å². The number of nitrogens with one attached hydrogen (secondary N) is 2. The number of nitrogens with zero attached hydrogens (tertiary/aromatic N) is 1. The van der Waals surface area contributed by atoms with Crippen molar-refractivity contribution in [1.29, 1.82) is 0 Å². The molecule has 0 aliphatic heterocycles. The van der Waals surface area contributed by atoms with Crippen LogP contribution >= 0.6 is 0 Å². The Balaban J connectivity index is 2.46. The lowest BCUT2D eigenvalue weighted by Crippen LogP contribution is -3.11. The number of carbonyl (C=O) groups excluding carboxylic acids is 2. The van der Waals surface area contributed by atoms with E-state index in [1.54, 1.807) is 31.1 Å². The van der Waals surface area contributed by atoms with Crippen LogP contribution in [-0.2, 0) is 16.1 Å². The van der Waals surface area contributed by atoms with Crippen molar-refractivity contribution >= 4 is 11.8 Å². The summed E-state index contributed by atoms with van der Waals surface area (Å²) in [5.74, 6) is -0.490. The smallest absolute Gasteiger partial charge is 0.277 e. The molecule has 0 radical (unpaired) electrons. The fourth-order valence-corrected chi connectivity index (χ4v) is 2.19. The lowest BCUT2D eigenvalue weighted by molar-refractivity contribution is -0.863. The van der Waals surface area contributed by atoms with E-state index in [1.165, 1.54) is 12.1 Å². The predicted molar refractivity (Wildman–Crippen MR) is 87.4 cm³/mol. The third kappa shape index (κ3) is 7.74. The summed E-state index contributed by atoms with van der Waals surface area (Å²) in [6, 6.07) is 6.19. The third-order valence-corrected chi connectivity index (χ3v) is 3.16. The van der Waals surface area contributed by atoms with Crippen molar-refractivity contribution in [2.75, 3.05) is 27.2 Å². The van der Waals surface area contributed by atoms with Crippen LogP contribution in [0.15, 0.2) is 24.3 Å². The minimum Gasteiger partial charge on any atom is -0.347 e. The molecule has 1 rings (SSSR count). The van der Waals surface area contributed by atoms with Crippen LogP contribution < -0.4 is 10.2 Å². The van der Waals surface area contributed by atoms with Gasteiger partial charge in [-0.25, -0.2) is 4.39 Å². The molecule has 0 fully saturated rings. The molecule has 23 heavy (non-hydrogen) atoms. The van der Waals surface area contributed by atoms with Gasteiger partial charge < -0.3 is 15.1 Å². The van der Waals surface area contributed by atoms with Gasteiger partial charge in [0.2, 0.25) is 0 Å². The van der Waals surface area contributed by atoms with E-state index in [9.17, 15) is 14.0 Å². The number of carbonyl (C=O) groups is 2. The maximum atomic E-state index is 13.2. The Morgan fingerprint density at radius 2 is 1.91 bits per heavy atom. The van der Waals surface area contributed by atoms with Gasteiger partial charge in [-0.05, 0) is 38.5 Å². The molecule has 0 aliphatic rings.